The van der Waals surface area contributed by atoms with Gasteiger partial charge in [0.15, 0.2) is 17.2 Å². The van der Waals surface area contributed by atoms with Gasteiger partial charge in [-0.1, -0.05) is 18.2 Å². The number of hydrogen-bond donors (Lipinski definition) is 0. The van der Waals surface area contributed by atoms with Gasteiger partial charge in [0, 0.05) is 6.07 Å². The monoisotopic (exact) mass is 319 g/mol. The second-order valence-corrected chi connectivity index (χ2v) is 4.41. The lowest BCUT2D eigenvalue weighted by atomic mass is 10.3. The molecule has 7 nitrogen and oxygen atoms in total. The van der Waals surface area contributed by atoms with E-state index in [0.717, 1.165) is 0 Å². The Morgan fingerprint density at radius 2 is 1.43 bits per heavy atom. The molecule has 0 saturated heterocycles. The van der Waals surface area contributed by atoms with Crippen LogP contribution in [0.15, 0.2) is 42.5 Å². The summed E-state index contributed by atoms with van der Waals surface area (Å²) >= 11 is 0. The van der Waals surface area contributed by atoms with Gasteiger partial charge in [-0.2, -0.15) is 0 Å². The van der Waals surface area contributed by atoms with E-state index < -0.39 is 4.92 Å². The largest absolute Gasteiger partial charge is 0.493 e. The fourth-order valence-corrected chi connectivity index (χ4v) is 1.98. The Hall–Kier alpha value is -2.96. The summed E-state index contributed by atoms with van der Waals surface area (Å²) in [6, 6.07) is 11.5. The van der Waals surface area contributed by atoms with Gasteiger partial charge in [-0.3, -0.25) is 10.1 Å². The van der Waals surface area contributed by atoms with Crippen molar-refractivity contribution in [2.24, 2.45) is 0 Å². The van der Waals surface area contributed by atoms with Crippen molar-refractivity contribution >= 4 is 5.69 Å². The number of nitro benzene ring substituents is 1. The van der Waals surface area contributed by atoms with E-state index in [9.17, 15) is 10.1 Å². The second kappa shape index (κ2) is 7.88. The van der Waals surface area contributed by atoms with Crippen LogP contribution in [0.5, 0.6) is 23.0 Å². The van der Waals surface area contributed by atoms with E-state index in [-0.39, 0.29) is 24.7 Å². The third-order valence-electron chi connectivity index (χ3n) is 3.03. The number of para-hydroxylation sites is 3. The lowest BCUT2D eigenvalue weighted by Crippen LogP contribution is -2.11. The van der Waals surface area contributed by atoms with Gasteiger partial charge in [0.25, 0.3) is 0 Å². The van der Waals surface area contributed by atoms with Crippen LogP contribution in [0, 0.1) is 10.1 Å². The van der Waals surface area contributed by atoms with Crippen LogP contribution in [0.25, 0.3) is 0 Å². The lowest BCUT2D eigenvalue weighted by molar-refractivity contribution is -0.385. The van der Waals surface area contributed by atoms with Crippen LogP contribution in [-0.2, 0) is 0 Å². The van der Waals surface area contributed by atoms with Gasteiger partial charge >= 0.3 is 5.69 Å². The van der Waals surface area contributed by atoms with Crippen molar-refractivity contribution < 1.29 is 23.9 Å². The van der Waals surface area contributed by atoms with Crippen molar-refractivity contribution in [3.05, 3.63) is 52.6 Å². The fraction of sp³-hybridized carbons (Fsp3) is 0.250. The Kier molecular flexibility index (Phi) is 5.62. The highest BCUT2D eigenvalue weighted by atomic mass is 16.6. The first-order valence-corrected chi connectivity index (χ1v) is 6.87. The fourth-order valence-electron chi connectivity index (χ4n) is 1.98. The number of methoxy groups -OCH3 is 2. The summed E-state index contributed by atoms with van der Waals surface area (Å²) in [6.07, 6.45) is 0. The minimum Gasteiger partial charge on any atom is -0.493 e. The van der Waals surface area contributed by atoms with E-state index in [1.54, 1.807) is 36.4 Å². The summed E-state index contributed by atoms with van der Waals surface area (Å²) in [4.78, 5) is 10.4. The second-order valence-electron chi connectivity index (χ2n) is 4.41. The summed E-state index contributed by atoms with van der Waals surface area (Å²) in [6.45, 7) is 0.328. The first-order chi connectivity index (χ1) is 11.2. The molecule has 0 bridgehead atoms. The summed E-state index contributed by atoms with van der Waals surface area (Å²) in [5, 5.41) is 10.9. The Bertz CT molecular complexity index is 651. The Morgan fingerprint density at radius 3 is 2.04 bits per heavy atom. The molecule has 122 valence electrons. The Labute approximate surface area is 133 Å². The molecular formula is C16H17NO6. The molecule has 0 aliphatic rings. The van der Waals surface area contributed by atoms with Crippen molar-refractivity contribution in [1.82, 2.24) is 0 Å². The van der Waals surface area contributed by atoms with E-state index in [0.29, 0.717) is 17.2 Å². The van der Waals surface area contributed by atoms with Gasteiger partial charge in [-0.25, -0.2) is 0 Å². The number of hydrogen-bond acceptors (Lipinski definition) is 6. The molecule has 0 N–H and O–H groups in total. The quantitative estimate of drug-likeness (QED) is 0.422. The minimum absolute atomic E-state index is 0.0811. The molecule has 0 amide bonds. The van der Waals surface area contributed by atoms with Crippen LogP contribution < -0.4 is 18.9 Å². The van der Waals surface area contributed by atoms with Crippen LogP contribution in [0.1, 0.15) is 0 Å². The summed E-state index contributed by atoms with van der Waals surface area (Å²) in [5.41, 5.74) is -0.0811. The summed E-state index contributed by atoms with van der Waals surface area (Å²) in [7, 11) is 3.07. The average molecular weight is 319 g/mol. The first-order valence-electron chi connectivity index (χ1n) is 6.87. The van der Waals surface area contributed by atoms with Crippen LogP contribution in [0.2, 0.25) is 0 Å². The van der Waals surface area contributed by atoms with Gasteiger partial charge in [0.2, 0.25) is 5.75 Å². The summed E-state index contributed by atoms with van der Waals surface area (Å²) < 4.78 is 21.5. The molecule has 0 aromatic heterocycles. The lowest BCUT2D eigenvalue weighted by Gasteiger charge is -2.14. The zero-order valence-corrected chi connectivity index (χ0v) is 12.9. The molecule has 23 heavy (non-hydrogen) atoms. The SMILES string of the molecule is COc1cccc(OC)c1OCCOc1ccccc1[N+](=O)[O-]. The molecule has 0 spiro atoms. The predicted molar refractivity (Wildman–Crippen MR) is 83.6 cm³/mol. The van der Waals surface area contributed by atoms with Crippen molar-refractivity contribution in [3.8, 4) is 23.0 Å². The average Bonchev–Trinajstić information content (AvgIpc) is 2.58. The van der Waals surface area contributed by atoms with E-state index in [1.807, 2.05) is 0 Å². The van der Waals surface area contributed by atoms with Crippen molar-refractivity contribution in [2.75, 3.05) is 27.4 Å². The molecule has 0 unspecified atom stereocenters. The number of rotatable bonds is 8. The van der Waals surface area contributed by atoms with E-state index in [4.69, 9.17) is 18.9 Å². The molecule has 0 fully saturated rings. The van der Waals surface area contributed by atoms with Crippen molar-refractivity contribution in [2.45, 2.75) is 0 Å². The van der Waals surface area contributed by atoms with E-state index in [2.05, 4.69) is 0 Å². The molecule has 2 rings (SSSR count). The number of nitro groups is 1. The summed E-state index contributed by atoms with van der Waals surface area (Å²) in [5.74, 6) is 1.74. The number of nitrogens with zero attached hydrogens (tertiary/aromatic N) is 1. The Morgan fingerprint density at radius 1 is 0.870 bits per heavy atom. The van der Waals surface area contributed by atoms with Gasteiger partial charge in [-0.15, -0.1) is 0 Å². The van der Waals surface area contributed by atoms with E-state index in [1.165, 1.54) is 20.3 Å². The molecule has 0 heterocycles. The molecule has 2 aromatic carbocycles. The maximum Gasteiger partial charge on any atom is 0.310 e. The van der Waals surface area contributed by atoms with Crippen molar-refractivity contribution in [3.63, 3.8) is 0 Å². The topological polar surface area (TPSA) is 80.1 Å². The third kappa shape index (κ3) is 4.03. The molecule has 0 saturated carbocycles. The van der Waals surface area contributed by atoms with Crippen molar-refractivity contribution in [1.29, 1.82) is 0 Å². The molecule has 0 radical (unpaired) electrons. The normalized spacial score (nSPS) is 10.0. The third-order valence-corrected chi connectivity index (χ3v) is 3.03. The molecular weight excluding hydrogens is 302 g/mol. The minimum atomic E-state index is -0.487. The highest BCUT2D eigenvalue weighted by Gasteiger charge is 2.14. The number of benzene rings is 2. The standard InChI is InChI=1S/C16H17NO6/c1-20-14-8-5-9-15(21-2)16(14)23-11-10-22-13-7-4-3-6-12(13)17(18)19/h3-9H,10-11H2,1-2H3. The van der Waals surface area contributed by atoms with Gasteiger partial charge < -0.3 is 18.9 Å². The number of ether oxygens (including phenoxy) is 4. The smallest absolute Gasteiger partial charge is 0.310 e. The zero-order chi connectivity index (χ0) is 16.7. The highest BCUT2D eigenvalue weighted by Crippen LogP contribution is 2.36. The van der Waals surface area contributed by atoms with Gasteiger partial charge in [0.1, 0.15) is 13.2 Å². The van der Waals surface area contributed by atoms with Crippen LogP contribution in [0.4, 0.5) is 5.69 Å². The van der Waals surface area contributed by atoms with Crippen LogP contribution in [-0.4, -0.2) is 32.4 Å². The molecule has 7 heteroatoms. The van der Waals surface area contributed by atoms with E-state index >= 15 is 0 Å². The van der Waals surface area contributed by atoms with Crippen LogP contribution >= 0.6 is 0 Å². The molecule has 0 aliphatic heterocycles. The van der Waals surface area contributed by atoms with Gasteiger partial charge in [-0.05, 0) is 18.2 Å². The predicted octanol–water partition coefficient (Wildman–Crippen LogP) is 3.07. The van der Waals surface area contributed by atoms with Crippen LogP contribution in [0.3, 0.4) is 0 Å². The maximum atomic E-state index is 10.9. The van der Waals surface area contributed by atoms with Gasteiger partial charge in [0.05, 0.1) is 19.1 Å². The Balaban J connectivity index is 1.98. The highest BCUT2D eigenvalue weighted by molar-refractivity contribution is 5.51. The molecule has 2 aromatic rings. The maximum absolute atomic E-state index is 10.9. The first kappa shape index (κ1) is 16.4. The molecule has 0 atom stereocenters. The zero-order valence-electron chi connectivity index (χ0n) is 12.9. The molecule has 0 aliphatic carbocycles.